The van der Waals surface area contributed by atoms with Gasteiger partial charge in [-0.2, -0.15) is 0 Å². The van der Waals surface area contributed by atoms with E-state index in [4.69, 9.17) is 4.74 Å². The van der Waals surface area contributed by atoms with E-state index < -0.39 is 29.8 Å². The van der Waals surface area contributed by atoms with Gasteiger partial charge in [-0.25, -0.2) is 9.18 Å². The monoisotopic (exact) mass is 315 g/mol. The molecule has 0 spiro atoms. The zero-order chi connectivity index (χ0) is 16.6. The Balaban J connectivity index is 2.11. The number of carboxylic acids is 1. The van der Waals surface area contributed by atoms with Crippen LogP contribution in [0.3, 0.4) is 0 Å². The zero-order valence-corrected chi connectivity index (χ0v) is 12.3. The van der Waals surface area contributed by atoms with Gasteiger partial charge in [-0.15, -0.1) is 0 Å². The van der Waals surface area contributed by atoms with Gasteiger partial charge in [-0.05, 0) is 19.1 Å². The molecule has 1 heterocycles. The number of carboxylic acid groups (broad SMARTS) is 1. The standard InChI is InChI=1S/C17H14FNO4/c1-10(17(21)22)19-13-9-12(18)7-8-14(13)23-15(16(19)20)11-5-3-2-4-6-11/h2-10,15H,1H3,(H,21,22). The van der Waals surface area contributed by atoms with Crippen LogP contribution in [0.5, 0.6) is 5.75 Å². The van der Waals surface area contributed by atoms with Gasteiger partial charge in [0.15, 0.2) is 0 Å². The molecule has 1 aliphatic rings. The number of fused-ring (bicyclic) bond motifs is 1. The molecule has 118 valence electrons. The summed E-state index contributed by atoms with van der Waals surface area (Å²) in [5.74, 6) is -2.01. The normalized spacial score (nSPS) is 18.1. The Bertz CT molecular complexity index is 762. The minimum Gasteiger partial charge on any atom is -0.480 e. The van der Waals surface area contributed by atoms with Gasteiger partial charge in [0.2, 0.25) is 6.10 Å². The number of carbonyl (C=O) groups excluding carboxylic acids is 1. The van der Waals surface area contributed by atoms with E-state index in [9.17, 15) is 19.1 Å². The van der Waals surface area contributed by atoms with Crippen LogP contribution < -0.4 is 9.64 Å². The van der Waals surface area contributed by atoms with Gasteiger partial charge in [0.25, 0.3) is 5.91 Å². The fourth-order valence-electron chi connectivity index (χ4n) is 2.55. The van der Waals surface area contributed by atoms with Crippen molar-refractivity contribution in [1.82, 2.24) is 0 Å². The van der Waals surface area contributed by atoms with Crippen LogP contribution in [-0.2, 0) is 9.59 Å². The van der Waals surface area contributed by atoms with Crippen molar-refractivity contribution in [3.8, 4) is 5.75 Å². The Hall–Kier alpha value is -2.89. The molecule has 6 heteroatoms. The maximum atomic E-state index is 13.5. The zero-order valence-electron chi connectivity index (χ0n) is 12.3. The number of rotatable bonds is 3. The summed E-state index contributed by atoms with van der Waals surface area (Å²) in [7, 11) is 0. The van der Waals surface area contributed by atoms with Crippen LogP contribution >= 0.6 is 0 Å². The summed E-state index contributed by atoms with van der Waals surface area (Å²) in [5.41, 5.74) is 0.729. The number of halogens is 1. The number of benzene rings is 2. The van der Waals surface area contributed by atoms with E-state index in [1.807, 2.05) is 0 Å². The molecule has 0 fully saturated rings. The molecule has 0 bridgehead atoms. The Labute approximate surface area is 131 Å². The fraction of sp³-hybridized carbons (Fsp3) is 0.176. The molecule has 1 amide bonds. The predicted octanol–water partition coefficient (Wildman–Crippen LogP) is 2.77. The van der Waals surface area contributed by atoms with E-state index >= 15 is 0 Å². The summed E-state index contributed by atoms with van der Waals surface area (Å²) in [6, 6.07) is 11.3. The van der Waals surface area contributed by atoms with Crippen molar-refractivity contribution in [2.45, 2.75) is 19.1 Å². The first-order valence-electron chi connectivity index (χ1n) is 7.06. The van der Waals surface area contributed by atoms with Crippen LogP contribution in [-0.4, -0.2) is 23.0 Å². The SMILES string of the molecule is CC(C(=O)O)N1C(=O)C(c2ccccc2)Oc2ccc(F)cc21. The Morgan fingerprint density at radius 3 is 2.61 bits per heavy atom. The minimum absolute atomic E-state index is 0.122. The summed E-state index contributed by atoms with van der Waals surface area (Å²) < 4.78 is 19.2. The van der Waals surface area contributed by atoms with E-state index in [0.29, 0.717) is 5.56 Å². The molecule has 5 nitrogen and oxygen atoms in total. The fourth-order valence-corrected chi connectivity index (χ4v) is 2.55. The van der Waals surface area contributed by atoms with Gasteiger partial charge in [0, 0.05) is 11.6 Å². The molecule has 0 aromatic heterocycles. The minimum atomic E-state index is -1.18. The number of anilines is 1. The number of amides is 1. The third-order valence-corrected chi connectivity index (χ3v) is 3.73. The first-order valence-corrected chi connectivity index (χ1v) is 7.06. The van der Waals surface area contributed by atoms with Crippen LogP contribution in [0.1, 0.15) is 18.6 Å². The molecule has 3 rings (SSSR count). The summed E-state index contributed by atoms with van der Waals surface area (Å²) in [6.07, 6.45) is -0.962. The molecule has 2 atom stereocenters. The Morgan fingerprint density at radius 2 is 1.96 bits per heavy atom. The lowest BCUT2D eigenvalue weighted by molar-refractivity contribution is -0.141. The highest BCUT2D eigenvalue weighted by Crippen LogP contribution is 2.40. The van der Waals surface area contributed by atoms with Gasteiger partial charge in [-0.3, -0.25) is 9.69 Å². The highest BCUT2D eigenvalue weighted by atomic mass is 19.1. The Kier molecular flexibility index (Phi) is 3.73. The second-order valence-electron chi connectivity index (χ2n) is 5.24. The topological polar surface area (TPSA) is 66.8 Å². The molecule has 0 saturated heterocycles. The molecule has 2 aromatic rings. The van der Waals surface area contributed by atoms with Gasteiger partial charge in [0.05, 0.1) is 5.69 Å². The van der Waals surface area contributed by atoms with Crippen molar-refractivity contribution in [1.29, 1.82) is 0 Å². The van der Waals surface area contributed by atoms with Crippen molar-refractivity contribution in [2.75, 3.05) is 4.90 Å². The summed E-state index contributed by atoms with van der Waals surface area (Å²) in [5, 5.41) is 9.28. The van der Waals surface area contributed by atoms with E-state index in [1.165, 1.54) is 19.1 Å². The van der Waals surface area contributed by atoms with E-state index in [1.54, 1.807) is 30.3 Å². The van der Waals surface area contributed by atoms with E-state index in [2.05, 4.69) is 0 Å². The Morgan fingerprint density at radius 1 is 1.26 bits per heavy atom. The first-order chi connectivity index (χ1) is 11.0. The highest BCUT2D eigenvalue weighted by molar-refractivity contribution is 6.04. The van der Waals surface area contributed by atoms with Gasteiger partial charge >= 0.3 is 5.97 Å². The molecule has 1 N–H and O–H groups in total. The predicted molar refractivity (Wildman–Crippen MR) is 80.8 cm³/mol. The smallest absolute Gasteiger partial charge is 0.326 e. The lowest BCUT2D eigenvalue weighted by Gasteiger charge is -2.36. The van der Waals surface area contributed by atoms with Crippen molar-refractivity contribution in [3.05, 3.63) is 59.9 Å². The van der Waals surface area contributed by atoms with Crippen molar-refractivity contribution >= 4 is 17.6 Å². The lowest BCUT2D eigenvalue weighted by Crippen LogP contribution is -2.49. The number of aliphatic carboxylic acids is 1. The van der Waals surface area contributed by atoms with E-state index in [-0.39, 0.29) is 11.4 Å². The molecule has 2 aromatic carbocycles. The molecule has 0 aliphatic carbocycles. The quantitative estimate of drug-likeness (QED) is 0.946. The van der Waals surface area contributed by atoms with E-state index in [0.717, 1.165) is 11.0 Å². The largest absolute Gasteiger partial charge is 0.480 e. The second kappa shape index (κ2) is 5.72. The summed E-state index contributed by atoms with van der Waals surface area (Å²) >= 11 is 0. The number of carbonyl (C=O) groups is 2. The van der Waals surface area contributed by atoms with Crippen LogP contribution in [0.4, 0.5) is 10.1 Å². The molecule has 1 aliphatic heterocycles. The molecule has 0 radical (unpaired) electrons. The molecular formula is C17H14FNO4. The average Bonchev–Trinajstić information content (AvgIpc) is 2.54. The number of ether oxygens (including phenoxy) is 1. The summed E-state index contributed by atoms with van der Waals surface area (Å²) in [4.78, 5) is 25.2. The van der Waals surface area contributed by atoms with Gasteiger partial charge < -0.3 is 9.84 Å². The number of nitrogens with zero attached hydrogens (tertiary/aromatic N) is 1. The summed E-state index contributed by atoms with van der Waals surface area (Å²) in [6.45, 7) is 1.38. The van der Waals surface area contributed by atoms with Gasteiger partial charge in [0.1, 0.15) is 17.6 Å². The highest BCUT2D eigenvalue weighted by Gasteiger charge is 2.40. The van der Waals surface area contributed by atoms with Crippen molar-refractivity contribution in [3.63, 3.8) is 0 Å². The molecule has 2 unspecified atom stereocenters. The number of hydrogen-bond donors (Lipinski definition) is 1. The maximum Gasteiger partial charge on any atom is 0.326 e. The second-order valence-corrected chi connectivity index (χ2v) is 5.24. The van der Waals surface area contributed by atoms with Crippen LogP contribution in [0.25, 0.3) is 0 Å². The first kappa shape index (κ1) is 15.0. The maximum absolute atomic E-state index is 13.5. The van der Waals surface area contributed by atoms with Crippen molar-refractivity contribution in [2.24, 2.45) is 0 Å². The van der Waals surface area contributed by atoms with Gasteiger partial charge in [-0.1, -0.05) is 30.3 Å². The average molecular weight is 315 g/mol. The van der Waals surface area contributed by atoms with Crippen LogP contribution in [0.2, 0.25) is 0 Å². The molecular weight excluding hydrogens is 301 g/mol. The lowest BCUT2D eigenvalue weighted by atomic mass is 10.0. The third-order valence-electron chi connectivity index (χ3n) is 3.73. The van der Waals surface area contributed by atoms with Crippen LogP contribution in [0.15, 0.2) is 48.5 Å². The number of hydrogen-bond acceptors (Lipinski definition) is 3. The van der Waals surface area contributed by atoms with Crippen molar-refractivity contribution < 1.29 is 23.8 Å². The molecule has 23 heavy (non-hydrogen) atoms. The molecule has 0 saturated carbocycles. The third kappa shape index (κ3) is 2.63. The van der Waals surface area contributed by atoms with Crippen LogP contribution in [0, 0.1) is 5.82 Å².